The number of nitro benzene ring substituents is 1. The third-order valence-corrected chi connectivity index (χ3v) is 4.31. The maximum absolute atomic E-state index is 12.1. The van der Waals surface area contributed by atoms with Crippen molar-refractivity contribution in [3.8, 4) is 5.75 Å². The molecule has 0 radical (unpaired) electrons. The van der Waals surface area contributed by atoms with Crippen molar-refractivity contribution in [2.75, 3.05) is 11.9 Å². The third-order valence-electron chi connectivity index (χ3n) is 4.31. The van der Waals surface area contributed by atoms with Gasteiger partial charge in [-0.2, -0.15) is 5.10 Å². The summed E-state index contributed by atoms with van der Waals surface area (Å²) in [5.74, 6) is -0.623. The molecule has 0 spiro atoms. The van der Waals surface area contributed by atoms with Crippen LogP contribution in [0.3, 0.4) is 0 Å². The lowest BCUT2D eigenvalue weighted by Gasteiger charge is -2.05. The largest absolute Gasteiger partial charge is 0.423 e. The topological polar surface area (TPSA) is 123 Å². The molecule has 0 aliphatic rings. The highest BCUT2D eigenvalue weighted by molar-refractivity contribution is 5.91. The first-order valence-electron chi connectivity index (χ1n) is 9.60. The van der Waals surface area contributed by atoms with Gasteiger partial charge in [-0.15, -0.1) is 0 Å². The van der Waals surface area contributed by atoms with Gasteiger partial charge in [0.2, 0.25) is 0 Å². The van der Waals surface area contributed by atoms with Crippen LogP contribution in [0.2, 0.25) is 0 Å². The Morgan fingerprint density at radius 1 is 1.00 bits per heavy atom. The molecule has 0 heterocycles. The molecule has 0 aliphatic carbocycles. The number of rotatable bonds is 8. The molecule has 0 bridgehead atoms. The number of hydrogen-bond donors (Lipinski definition) is 2. The number of hydrogen-bond acceptors (Lipinski definition) is 7. The molecule has 9 heteroatoms. The van der Waals surface area contributed by atoms with E-state index in [2.05, 4.69) is 15.8 Å². The molecule has 0 fully saturated rings. The molecule has 0 aliphatic heterocycles. The summed E-state index contributed by atoms with van der Waals surface area (Å²) in [5.41, 5.74) is 5.18. The molecule has 3 aromatic carbocycles. The molecule has 1 amide bonds. The van der Waals surface area contributed by atoms with Crippen LogP contribution in [0, 0.1) is 17.0 Å². The van der Waals surface area contributed by atoms with Gasteiger partial charge in [0.15, 0.2) is 0 Å². The Bertz CT molecular complexity index is 1120. The van der Waals surface area contributed by atoms with Crippen LogP contribution in [-0.2, 0) is 4.79 Å². The van der Waals surface area contributed by atoms with E-state index in [1.165, 1.54) is 30.5 Å². The third kappa shape index (κ3) is 6.49. The van der Waals surface area contributed by atoms with Crippen LogP contribution in [0.4, 0.5) is 11.4 Å². The number of amides is 1. The van der Waals surface area contributed by atoms with Crippen LogP contribution in [0.15, 0.2) is 77.9 Å². The zero-order chi connectivity index (χ0) is 22.9. The molecule has 0 aromatic heterocycles. The zero-order valence-electron chi connectivity index (χ0n) is 17.1. The van der Waals surface area contributed by atoms with Crippen LogP contribution < -0.4 is 15.5 Å². The smallest absolute Gasteiger partial charge is 0.343 e. The summed E-state index contributed by atoms with van der Waals surface area (Å²) in [5, 5.41) is 17.6. The van der Waals surface area contributed by atoms with Crippen molar-refractivity contribution >= 4 is 29.5 Å². The fourth-order valence-electron chi connectivity index (χ4n) is 2.58. The number of carbonyl (C=O) groups excluding carboxylic acids is 2. The maximum Gasteiger partial charge on any atom is 0.343 e. The van der Waals surface area contributed by atoms with Crippen molar-refractivity contribution in [2.45, 2.75) is 6.92 Å². The minimum Gasteiger partial charge on any atom is -0.423 e. The van der Waals surface area contributed by atoms with Gasteiger partial charge in [-0.05, 0) is 61.0 Å². The Labute approximate surface area is 183 Å². The lowest BCUT2D eigenvalue weighted by Crippen LogP contribution is -2.25. The van der Waals surface area contributed by atoms with Crippen molar-refractivity contribution in [3.63, 3.8) is 0 Å². The van der Waals surface area contributed by atoms with Crippen LogP contribution in [-0.4, -0.2) is 29.6 Å². The van der Waals surface area contributed by atoms with Crippen LogP contribution in [0.25, 0.3) is 0 Å². The average Bonchev–Trinajstić information content (AvgIpc) is 2.80. The second kappa shape index (κ2) is 10.5. The zero-order valence-corrected chi connectivity index (χ0v) is 17.1. The molecule has 9 nitrogen and oxygen atoms in total. The highest BCUT2D eigenvalue weighted by atomic mass is 16.6. The van der Waals surface area contributed by atoms with Gasteiger partial charge in [0, 0.05) is 17.8 Å². The maximum atomic E-state index is 12.1. The summed E-state index contributed by atoms with van der Waals surface area (Å²) in [7, 11) is 0. The monoisotopic (exact) mass is 432 g/mol. The number of esters is 1. The van der Waals surface area contributed by atoms with Crippen molar-refractivity contribution in [2.24, 2.45) is 5.10 Å². The summed E-state index contributed by atoms with van der Waals surface area (Å²) in [6.45, 7) is 2.07. The van der Waals surface area contributed by atoms with Crippen molar-refractivity contribution in [1.29, 1.82) is 0 Å². The van der Waals surface area contributed by atoms with Gasteiger partial charge in [0.1, 0.15) is 5.75 Å². The Balaban J connectivity index is 1.46. The highest BCUT2D eigenvalue weighted by Crippen LogP contribution is 2.16. The Morgan fingerprint density at radius 2 is 1.66 bits per heavy atom. The predicted octanol–water partition coefficient (Wildman–Crippen LogP) is 3.68. The Kier molecular flexibility index (Phi) is 7.26. The molecule has 3 aromatic rings. The summed E-state index contributed by atoms with van der Waals surface area (Å²) in [6, 6.07) is 19.3. The lowest BCUT2D eigenvalue weighted by atomic mass is 10.2. The Hall–Kier alpha value is -4.53. The fourth-order valence-corrected chi connectivity index (χ4v) is 2.58. The van der Waals surface area contributed by atoms with Crippen molar-refractivity contribution in [1.82, 2.24) is 5.43 Å². The van der Waals surface area contributed by atoms with Gasteiger partial charge >= 0.3 is 5.97 Å². The molecule has 3 rings (SSSR count). The quantitative estimate of drug-likeness (QED) is 0.184. The summed E-state index contributed by atoms with van der Waals surface area (Å²) in [4.78, 5) is 34.1. The summed E-state index contributed by atoms with van der Waals surface area (Å²) in [6.07, 6.45) is 1.46. The first-order chi connectivity index (χ1) is 15.4. The number of benzene rings is 3. The molecule has 0 unspecified atom stereocenters. The number of ether oxygens (including phenoxy) is 1. The second-order valence-corrected chi connectivity index (χ2v) is 6.78. The van der Waals surface area contributed by atoms with E-state index in [0.29, 0.717) is 11.3 Å². The van der Waals surface area contributed by atoms with E-state index in [-0.39, 0.29) is 23.7 Å². The van der Waals surface area contributed by atoms with Gasteiger partial charge in [0.05, 0.1) is 23.2 Å². The van der Waals surface area contributed by atoms with E-state index in [0.717, 1.165) is 11.3 Å². The van der Waals surface area contributed by atoms with Crippen molar-refractivity contribution in [3.05, 3.63) is 99.6 Å². The number of hydrazone groups is 1. The van der Waals surface area contributed by atoms with E-state index < -0.39 is 10.9 Å². The molecule has 0 atom stereocenters. The van der Waals surface area contributed by atoms with E-state index in [1.807, 2.05) is 31.2 Å². The van der Waals surface area contributed by atoms with Gasteiger partial charge in [-0.1, -0.05) is 17.7 Å². The average molecular weight is 432 g/mol. The molecule has 0 saturated carbocycles. The van der Waals surface area contributed by atoms with E-state index in [1.54, 1.807) is 24.3 Å². The minimum absolute atomic E-state index is 0.0813. The Morgan fingerprint density at radius 3 is 2.28 bits per heavy atom. The van der Waals surface area contributed by atoms with Crippen molar-refractivity contribution < 1.29 is 19.2 Å². The lowest BCUT2D eigenvalue weighted by molar-refractivity contribution is -0.384. The van der Waals surface area contributed by atoms with E-state index in [4.69, 9.17) is 4.74 Å². The number of carbonyl (C=O) groups is 2. The van der Waals surface area contributed by atoms with Crippen LogP contribution >= 0.6 is 0 Å². The molecule has 162 valence electrons. The van der Waals surface area contributed by atoms with Gasteiger partial charge in [-0.3, -0.25) is 14.9 Å². The number of aryl methyl sites for hydroxylation is 1. The SMILES string of the molecule is Cc1ccc(NCC(=O)N/N=C/c2ccc(OC(=O)c3ccc([N+](=O)[O-])cc3)cc2)cc1. The summed E-state index contributed by atoms with van der Waals surface area (Å²) >= 11 is 0. The second-order valence-electron chi connectivity index (χ2n) is 6.78. The minimum atomic E-state index is -0.630. The normalized spacial score (nSPS) is 10.5. The standard InChI is InChI=1S/C23H20N4O5/c1-16-2-8-19(9-3-16)24-15-22(28)26-25-14-17-4-12-21(13-5-17)32-23(29)18-6-10-20(11-7-18)27(30)31/h2-14,24H,15H2,1H3,(H,26,28)/b25-14+. The van der Waals surface area contributed by atoms with Gasteiger partial charge in [0.25, 0.3) is 11.6 Å². The van der Waals surface area contributed by atoms with Gasteiger partial charge < -0.3 is 10.1 Å². The van der Waals surface area contributed by atoms with Gasteiger partial charge in [-0.25, -0.2) is 10.2 Å². The molecule has 32 heavy (non-hydrogen) atoms. The number of nitrogens with one attached hydrogen (secondary N) is 2. The molecular formula is C23H20N4O5. The van der Waals surface area contributed by atoms with Crippen LogP contribution in [0.5, 0.6) is 5.75 Å². The molecular weight excluding hydrogens is 412 g/mol. The first kappa shape index (κ1) is 22.2. The number of nitrogens with zero attached hydrogens (tertiary/aromatic N) is 2. The van der Waals surface area contributed by atoms with E-state index >= 15 is 0 Å². The first-order valence-corrected chi connectivity index (χ1v) is 9.60. The number of nitro groups is 1. The van der Waals surface area contributed by atoms with Crippen LogP contribution in [0.1, 0.15) is 21.5 Å². The number of anilines is 1. The fraction of sp³-hybridized carbons (Fsp3) is 0.0870. The molecule has 2 N–H and O–H groups in total. The predicted molar refractivity (Wildman–Crippen MR) is 120 cm³/mol. The molecule has 0 saturated heterocycles. The summed E-state index contributed by atoms with van der Waals surface area (Å²) < 4.78 is 5.25. The number of non-ortho nitro benzene ring substituents is 1. The highest BCUT2D eigenvalue weighted by Gasteiger charge is 2.11. The van der Waals surface area contributed by atoms with E-state index in [9.17, 15) is 19.7 Å².